The van der Waals surface area contributed by atoms with Crippen LogP contribution in [0.25, 0.3) is 0 Å². The highest BCUT2D eigenvalue weighted by Gasteiger charge is 2.05. The lowest BCUT2D eigenvalue weighted by Gasteiger charge is -2.05. The predicted octanol–water partition coefficient (Wildman–Crippen LogP) is 2.47. The fourth-order valence-electron chi connectivity index (χ4n) is 0.716. The second-order valence-corrected chi connectivity index (χ2v) is 3.92. The number of nitrogens with one attached hydrogen (secondary N) is 1. The van der Waals surface area contributed by atoms with E-state index in [1.54, 1.807) is 0 Å². The number of amides is 1. The number of hydrogen-bond donors (Lipinski definition) is 1. The van der Waals surface area contributed by atoms with Crippen LogP contribution in [-0.4, -0.2) is 5.91 Å². The van der Waals surface area contributed by atoms with Gasteiger partial charge in [0.05, 0.1) is 0 Å². The minimum Gasteiger partial charge on any atom is -0.296 e. The first-order valence-electron chi connectivity index (χ1n) is 4.22. The summed E-state index contributed by atoms with van der Waals surface area (Å²) in [6.07, 6.45) is 0. The van der Waals surface area contributed by atoms with Gasteiger partial charge < -0.3 is 0 Å². The zero-order valence-electron chi connectivity index (χ0n) is 7.78. The number of benzene rings is 1. The van der Waals surface area contributed by atoms with Crippen molar-refractivity contribution in [1.82, 2.24) is 4.72 Å². The van der Waals surface area contributed by atoms with Crippen LogP contribution in [0.4, 0.5) is 0 Å². The molecule has 2 nitrogen and oxygen atoms in total. The van der Waals surface area contributed by atoms with E-state index in [0.29, 0.717) is 0 Å². The Labute approximate surface area is 82.9 Å². The molecule has 0 saturated heterocycles. The molecule has 0 saturated carbocycles. The average molecular weight is 195 g/mol. The quantitative estimate of drug-likeness (QED) is 0.751. The highest BCUT2D eigenvalue weighted by atomic mass is 32.2. The third kappa shape index (κ3) is 3.51. The lowest BCUT2D eigenvalue weighted by atomic mass is 10.2. The Morgan fingerprint density at radius 2 is 1.92 bits per heavy atom. The largest absolute Gasteiger partial charge is 0.296 e. The van der Waals surface area contributed by atoms with E-state index in [4.69, 9.17) is 0 Å². The van der Waals surface area contributed by atoms with Gasteiger partial charge in [0.1, 0.15) is 0 Å². The lowest BCUT2D eigenvalue weighted by molar-refractivity contribution is -0.122. The van der Waals surface area contributed by atoms with Crippen LogP contribution < -0.4 is 4.72 Å². The van der Waals surface area contributed by atoms with E-state index in [1.165, 1.54) is 11.9 Å². The predicted molar refractivity (Wildman–Crippen MR) is 55.3 cm³/mol. The Morgan fingerprint density at radius 1 is 1.31 bits per heavy atom. The van der Waals surface area contributed by atoms with E-state index in [0.717, 1.165) is 4.90 Å². The smallest absolute Gasteiger partial charge is 0.232 e. The minimum atomic E-state index is 0.0382. The third-order valence-corrected chi connectivity index (χ3v) is 2.35. The Balaban J connectivity index is 2.40. The van der Waals surface area contributed by atoms with Gasteiger partial charge in [0, 0.05) is 10.8 Å². The summed E-state index contributed by atoms with van der Waals surface area (Å²) in [6.45, 7) is 3.75. The molecule has 0 atom stereocenters. The fourth-order valence-corrected chi connectivity index (χ4v) is 1.46. The normalized spacial score (nSPS) is 10.1. The van der Waals surface area contributed by atoms with Gasteiger partial charge in [-0.2, -0.15) is 0 Å². The number of carbonyl (C=O) groups is 1. The van der Waals surface area contributed by atoms with Gasteiger partial charge in [0.25, 0.3) is 0 Å². The van der Waals surface area contributed by atoms with Gasteiger partial charge in [-0.15, -0.1) is 0 Å². The molecular weight excluding hydrogens is 182 g/mol. The highest BCUT2D eigenvalue weighted by molar-refractivity contribution is 7.98. The molecule has 1 rings (SSSR count). The van der Waals surface area contributed by atoms with E-state index in [-0.39, 0.29) is 11.8 Å². The van der Waals surface area contributed by atoms with Crippen LogP contribution in [0.3, 0.4) is 0 Å². The van der Waals surface area contributed by atoms with Crippen molar-refractivity contribution < 1.29 is 4.79 Å². The number of hydrogen-bond acceptors (Lipinski definition) is 2. The first-order chi connectivity index (χ1) is 6.20. The second kappa shape index (κ2) is 4.92. The zero-order valence-corrected chi connectivity index (χ0v) is 8.60. The van der Waals surface area contributed by atoms with Crippen LogP contribution in [0.15, 0.2) is 35.2 Å². The molecule has 1 N–H and O–H groups in total. The maximum atomic E-state index is 11.2. The molecule has 0 aliphatic heterocycles. The summed E-state index contributed by atoms with van der Waals surface area (Å²) < 4.78 is 2.78. The van der Waals surface area contributed by atoms with Crippen molar-refractivity contribution >= 4 is 17.9 Å². The fraction of sp³-hybridized carbons (Fsp3) is 0.300. The van der Waals surface area contributed by atoms with Gasteiger partial charge in [-0.3, -0.25) is 9.52 Å². The topological polar surface area (TPSA) is 29.1 Å². The van der Waals surface area contributed by atoms with Crippen molar-refractivity contribution in [3.63, 3.8) is 0 Å². The molecule has 70 valence electrons. The van der Waals surface area contributed by atoms with Crippen molar-refractivity contribution in [3.05, 3.63) is 30.3 Å². The van der Waals surface area contributed by atoms with Crippen molar-refractivity contribution in [2.24, 2.45) is 5.92 Å². The monoisotopic (exact) mass is 195 g/mol. The molecule has 0 aromatic heterocycles. The summed E-state index contributed by atoms with van der Waals surface area (Å²) >= 11 is 1.36. The van der Waals surface area contributed by atoms with Gasteiger partial charge in [0.15, 0.2) is 0 Å². The maximum Gasteiger partial charge on any atom is 0.232 e. The molecule has 13 heavy (non-hydrogen) atoms. The molecule has 1 aromatic carbocycles. The minimum absolute atomic E-state index is 0.0382. The summed E-state index contributed by atoms with van der Waals surface area (Å²) in [6, 6.07) is 9.78. The van der Waals surface area contributed by atoms with E-state index < -0.39 is 0 Å². The Kier molecular flexibility index (Phi) is 3.83. The molecule has 0 aliphatic carbocycles. The van der Waals surface area contributed by atoms with Crippen molar-refractivity contribution in [2.45, 2.75) is 18.7 Å². The van der Waals surface area contributed by atoms with E-state index in [1.807, 2.05) is 44.2 Å². The van der Waals surface area contributed by atoms with Crippen molar-refractivity contribution in [1.29, 1.82) is 0 Å². The summed E-state index contributed by atoms with van der Waals surface area (Å²) in [4.78, 5) is 12.2. The Bertz CT molecular complexity index is 272. The zero-order chi connectivity index (χ0) is 9.68. The standard InChI is InChI=1S/C10H13NOS/c1-8(2)10(12)11-13-9-6-4-3-5-7-9/h3-8H,1-2H3,(H,11,12). The summed E-state index contributed by atoms with van der Waals surface area (Å²) in [5.74, 6) is 0.102. The van der Waals surface area contributed by atoms with E-state index >= 15 is 0 Å². The second-order valence-electron chi connectivity index (χ2n) is 3.04. The van der Waals surface area contributed by atoms with Gasteiger partial charge in [0.2, 0.25) is 5.91 Å². The molecule has 0 unspecified atom stereocenters. The Hall–Kier alpha value is -0.960. The maximum absolute atomic E-state index is 11.2. The molecule has 0 spiro atoms. The van der Waals surface area contributed by atoms with Crippen molar-refractivity contribution in [3.8, 4) is 0 Å². The summed E-state index contributed by atoms with van der Waals surface area (Å²) in [7, 11) is 0. The lowest BCUT2D eigenvalue weighted by Crippen LogP contribution is -2.20. The van der Waals surface area contributed by atoms with Crippen LogP contribution in [0.5, 0.6) is 0 Å². The molecule has 0 aliphatic rings. The molecule has 0 fully saturated rings. The third-order valence-electron chi connectivity index (χ3n) is 1.54. The van der Waals surface area contributed by atoms with Gasteiger partial charge >= 0.3 is 0 Å². The van der Waals surface area contributed by atoms with Crippen LogP contribution in [-0.2, 0) is 4.79 Å². The molecular formula is C10H13NOS. The van der Waals surface area contributed by atoms with Crippen LogP contribution >= 0.6 is 11.9 Å². The van der Waals surface area contributed by atoms with E-state index in [2.05, 4.69) is 4.72 Å². The van der Waals surface area contributed by atoms with E-state index in [9.17, 15) is 4.79 Å². The average Bonchev–Trinajstić information content (AvgIpc) is 2.15. The van der Waals surface area contributed by atoms with Crippen molar-refractivity contribution in [2.75, 3.05) is 0 Å². The summed E-state index contributed by atoms with van der Waals surface area (Å²) in [5, 5.41) is 0. The molecule has 1 aromatic rings. The number of rotatable bonds is 3. The molecule has 0 radical (unpaired) electrons. The molecule has 1 amide bonds. The first-order valence-corrected chi connectivity index (χ1v) is 5.03. The SMILES string of the molecule is CC(C)C(=O)NSc1ccccc1. The van der Waals surface area contributed by atoms with Gasteiger partial charge in [-0.1, -0.05) is 32.0 Å². The molecule has 0 bridgehead atoms. The van der Waals surface area contributed by atoms with Crippen LogP contribution in [0.2, 0.25) is 0 Å². The van der Waals surface area contributed by atoms with Crippen LogP contribution in [0.1, 0.15) is 13.8 Å². The van der Waals surface area contributed by atoms with Crippen LogP contribution in [0, 0.1) is 5.92 Å². The number of carbonyl (C=O) groups excluding carboxylic acids is 1. The Morgan fingerprint density at radius 3 is 2.46 bits per heavy atom. The highest BCUT2D eigenvalue weighted by Crippen LogP contribution is 2.13. The molecule has 0 heterocycles. The van der Waals surface area contributed by atoms with Gasteiger partial charge in [-0.25, -0.2) is 0 Å². The molecule has 3 heteroatoms. The van der Waals surface area contributed by atoms with Gasteiger partial charge in [-0.05, 0) is 24.1 Å². The summed E-state index contributed by atoms with van der Waals surface area (Å²) in [5.41, 5.74) is 0. The first kappa shape index (κ1) is 10.1.